The summed E-state index contributed by atoms with van der Waals surface area (Å²) in [7, 11) is 0. The van der Waals surface area contributed by atoms with Crippen LogP contribution in [0.3, 0.4) is 0 Å². The van der Waals surface area contributed by atoms with Crippen molar-refractivity contribution in [1.82, 2.24) is 9.97 Å². The average Bonchev–Trinajstić information content (AvgIpc) is 2.80. The largest absolute Gasteiger partial charge is 0.508 e. The average molecular weight is 267 g/mol. The molecule has 0 saturated heterocycles. The van der Waals surface area contributed by atoms with Gasteiger partial charge in [-0.2, -0.15) is 0 Å². The number of nitrogens with two attached hydrogens (primary N) is 1. The summed E-state index contributed by atoms with van der Waals surface area (Å²) in [6.45, 7) is 2.16. The highest BCUT2D eigenvalue weighted by molar-refractivity contribution is 5.76. The number of rotatable bonds is 3. The van der Waals surface area contributed by atoms with Gasteiger partial charge >= 0.3 is 0 Å². The zero-order valence-electron chi connectivity index (χ0n) is 11.3. The normalized spacial score (nSPS) is 12.7. The van der Waals surface area contributed by atoms with E-state index in [0.29, 0.717) is 5.92 Å². The van der Waals surface area contributed by atoms with Gasteiger partial charge in [-0.05, 0) is 35.7 Å². The van der Waals surface area contributed by atoms with E-state index in [4.69, 9.17) is 5.73 Å². The number of anilines is 1. The van der Waals surface area contributed by atoms with Gasteiger partial charge < -0.3 is 15.8 Å². The van der Waals surface area contributed by atoms with Crippen LogP contribution in [-0.2, 0) is 6.42 Å². The topological polar surface area (TPSA) is 74.9 Å². The van der Waals surface area contributed by atoms with E-state index in [1.54, 1.807) is 12.1 Å². The molecular formula is C16H17N3O. The molecule has 0 bridgehead atoms. The van der Waals surface area contributed by atoms with Gasteiger partial charge in [0.15, 0.2) is 0 Å². The first-order valence-electron chi connectivity index (χ1n) is 6.65. The Labute approximate surface area is 117 Å². The first-order chi connectivity index (χ1) is 9.61. The fourth-order valence-corrected chi connectivity index (χ4v) is 2.38. The number of nitrogens with zero attached hydrogens (tertiary/aromatic N) is 1. The molecule has 102 valence electrons. The monoisotopic (exact) mass is 267 g/mol. The molecule has 1 atom stereocenters. The maximum atomic E-state index is 9.47. The van der Waals surface area contributed by atoms with E-state index >= 15 is 0 Å². The van der Waals surface area contributed by atoms with Crippen LogP contribution in [0.5, 0.6) is 5.75 Å². The molecule has 0 aliphatic rings. The summed E-state index contributed by atoms with van der Waals surface area (Å²) in [6.07, 6.45) is 0.819. The van der Waals surface area contributed by atoms with Crippen molar-refractivity contribution in [3.8, 4) is 5.75 Å². The third-order valence-electron chi connectivity index (χ3n) is 3.52. The van der Waals surface area contributed by atoms with Gasteiger partial charge in [0.1, 0.15) is 11.6 Å². The van der Waals surface area contributed by atoms with Crippen LogP contribution in [0.4, 0.5) is 5.69 Å². The van der Waals surface area contributed by atoms with Gasteiger partial charge in [0.2, 0.25) is 0 Å². The number of aromatic hydroxyl groups is 1. The van der Waals surface area contributed by atoms with Gasteiger partial charge in [-0.25, -0.2) is 4.98 Å². The van der Waals surface area contributed by atoms with Crippen LogP contribution in [0.2, 0.25) is 0 Å². The van der Waals surface area contributed by atoms with Gasteiger partial charge in [-0.3, -0.25) is 0 Å². The van der Waals surface area contributed by atoms with Crippen LogP contribution >= 0.6 is 0 Å². The second-order valence-corrected chi connectivity index (χ2v) is 5.16. The molecule has 0 aliphatic carbocycles. The molecule has 0 radical (unpaired) electrons. The number of phenolic OH excluding ortho intramolecular Hbond substituents is 1. The molecule has 0 amide bonds. The summed E-state index contributed by atoms with van der Waals surface area (Å²) in [5.74, 6) is 1.53. The number of hydrogen-bond donors (Lipinski definition) is 3. The third kappa shape index (κ3) is 2.45. The van der Waals surface area contributed by atoms with Crippen molar-refractivity contribution in [2.75, 3.05) is 5.73 Å². The van der Waals surface area contributed by atoms with Crippen LogP contribution in [-0.4, -0.2) is 15.1 Å². The van der Waals surface area contributed by atoms with Crippen LogP contribution < -0.4 is 5.73 Å². The fraction of sp³-hybridized carbons (Fsp3) is 0.188. The summed E-state index contributed by atoms with van der Waals surface area (Å²) in [5, 5.41) is 9.47. The SMILES string of the molecule is CC(Cc1nc2ccc(O)cc2[nH]1)c1ccc(N)cc1. The lowest BCUT2D eigenvalue weighted by Gasteiger charge is -2.10. The molecule has 0 fully saturated rings. The highest BCUT2D eigenvalue weighted by Gasteiger charge is 2.10. The molecule has 3 aromatic rings. The van der Waals surface area contributed by atoms with E-state index in [9.17, 15) is 5.11 Å². The van der Waals surface area contributed by atoms with E-state index in [0.717, 1.165) is 29.0 Å². The minimum absolute atomic E-state index is 0.249. The first kappa shape index (κ1) is 12.5. The molecule has 1 heterocycles. The molecule has 4 heteroatoms. The fourth-order valence-electron chi connectivity index (χ4n) is 2.38. The minimum Gasteiger partial charge on any atom is -0.508 e. The van der Waals surface area contributed by atoms with E-state index in [-0.39, 0.29) is 5.75 Å². The number of nitrogen functional groups attached to an aromatic ring is 1. The van der Waals surface area contributed by atoms with Gasteiger partial charge in [0.05, 0.1) is 11.0 Å². The molecule has 1 aromatic heterocycles. The number of hydrogen-bond acceptors (Lipinski definition) is 3. The Balaban J connectivity index is 1.83. The standard InChI is InChI=1S/C16H17N3O/c1-10(11-2-4-12(17)5-3-11)8-16-18-14-7-6-13(20)9-15(14)19-16/h2-7,9-10,20H,8,17H2,1H3,(H,18,19). The molecule has 20 heavy (non-hydrogen) atoms. The second kappa shape index (κ2) is 4.89. The highest BCUT2D eigenvalue weighted by Crippen LogP contribution is 2.23. The lowest BCUT2D eigenvalue weighted by Crippen LogP contribution is -2.00. The molecule has 4 nitrogen and oxygen atoms in total. The maximum absolute atomic E-state index is 9.47. The zero-order chi connectivity index (χ0) is 14.1. The summed E-state index contributed by atoms with van der Waals surface area (Å²) in [6, 6.07) is 13.1. The lowest BCUT2D eigenvalue weighted by atomic mass is 9.97. The smallest absolute Gasteiger partial charge is 0.117 e. The van der Waals surface area contributed by atoms with Gasteiger partial charge in [0.25, 0.3) is 0 Å². The Morgan fingerprint density at radius 3 is 2.70 bits per heavy atom. The Morgan fingerprint density at radius 1 is 1.20 bits per heavy atom. The number of H-pyrrole nitrogens is 1. The Kier molecular flexibility index (Phi) is 3.06. The second-order valence-electron chi connectivity index (χ2n) is 5.16. The van der Waals surface area contributed by atoms with Crippen LogP contribution in [0.1, 0.15) is 24.2 Å². The minimum atomic E-state index is 0.249. The number of aromatic nitrogens is 2. The van der Waals surface area contributed by atoms with E-state index in [1.807, 2.05) is 18.2 Å². The molecule has 1 unspecified atom stereocenters. The molecule has 0 saturated carbocycles. The van der Waals surface area contributed by atoms with E-state index in [1.165, 1.54) is 5.56 Å². The summed E-state index contributed by atoms with van der Waals surface area (Å²) in [5.41, 5.74) is 9.46. The van der Waals surface area contributed by atoms with Gasteiger partial charge in [-0.15, -0.1) is 0 Å². The predicted octanol–water partition coefficient (Wildman–Crippen LogP) is 3.20. The van der Waals surface area contributed by atoms with Crippen molar-refractivity contribution in [2.45, 2.75) is 19.3 Å². The zero-order valence-corrected chi connectivity index (χ0v) is 11.3. The third-order valence-corrected chi connectivity index (χ3v) is 3.52. The van der Waals surface area contributed by atoms with Crippen LogP contribution in [0.25, 0.3) is 11.0 Å². The molecule has 0 aliphatic heterocycles. The Morgan fingerprint density at radius 2 is 1.95 bits per heavy atom. The number of nitrogens with one attached hydrogen (secondary N) is 1. The summed E-state index contributed by atoms with van der Waals surface area (Å²) < 4.78 is 0. The van der Waals surface area contributed by atoms with E-state index < -0.39 is 0 Å². The Hall–Kier alpha value is -2.49. The van der Waals surface area contributed by atoms with Crippen LogP contribution in [0.15, 0.2) is 42.5 Å². The number of imidazole rings is 1. The van der Waals surface area contributed by atoms with Crippen molar-refractivity contribution >= 4 is 16.7 Å². The number of aromatic amines is 1. The molecule has 2 aromatic carbocycles. The van der Waals surface area contributed by atoms with E-state index in [2.05, 4.69) is 29.0 Å². The predicted molar refractivity (Wildman–Crippen MR) is 80.7 cm³/mol. The number of benzene rings is 2. The van der Waals surface area contributed by atoms with Crippen molar-refractivity contribution in [1.29, 1.82) is 0 Å². The lowest BCUT2D eigenvalue weighted by molar-refractivity contribution is 0.476. The highest BCUT2D eigenvalue weighted by atomic mass is 16.3. The Bertz CT molecular complexity index is 731. The van der Waals surface area contributed by atoms with Crippen molar-refractivity contribution in [3.63, 3.8) is 0 Å². The number of phenols is 1. The van der Waals surface area contributed by atoms with Gasteiger partial charge in [-0.1, -0.05) is 19.1 Å². The van der Waals surface area contributed by atoms with Crippen molar-refractivity contribution in [3.05, 3.63) is 53.9 Å². The quantitative estimate of drug-likeness (QED) is 0.638. The first-order valence-corrected chi connectivity index (χ1v) is 6.65. The van der Waals surface area contributed by atoms with Crippen molar-refractivity contribution in [2.24, 2.45) is 0 Å². The summed E-state index contributed by atoms with van der Waals surface area (Å²) in [4.78, 5) is 7.80. The van der Waals surface area contributed by atoms with Crippen molar-refractivity contribution < 1.29 is 5.11 Å². The van der Waals surface area contributed by atoms with Gasteiger partial charge in [0, 0.05) is 18.2 Å². The molecule has 0 spiro atoms. The van der Waals surface area contributed by atoms with Crippen LogP contribution in [0, 0.1) is 0 Å². The molecular weight excluding hydrogens is 250 g/mol. The molecule has 3 rings (SSSR count). The summed E-state index contributed by atoms with van der Waals surface area (Å²) >= 11 is 0. The molecule has 4 N–H and O–H groups in total. The maximum Gasteiger partial charge on any atom is 0.117 e. The number of fused-ring (bicyclic) bond motifs is 1.